The number of hydrogen-bond donors (Lipinski definition) is 4. The average molecular weight is 454 g/mol. The third kappa shape index (κ3) is 5.78. The highest BCUT2D eigenvalue weighted by molar-refractivity contribution is 5.91. The minimum absolute atomic E-state index is 0.00221. The Kier molecular flexibility index (Phi) is 7.39. The normalized spacial score (nSPS) is 16.2. The minimum Gasteiger partial charge on any atom is -0.489 e. The SMILES string of the molecule is O=C(Nc1cccc(CO)c1OCCO)N[C@@H]1CCN(Cc2ccc3cc(F)ccc3c2)C1. The zero-order valence-electron chi connectivity index (χ0n) is 18.3. The summed E-state index contributed by atoms with van der Waals surface area (Å²) in [6, 6.07) is 15.6. The molecule has 0 unspecified atom stereocenters. The lowest BCUT2D eigenvalue weighted by Crippen LogP contribution is -2.39. The first kappa shape index (κ1) is 23.0. The Morgan fingerprint density at radius 2 is 1.94 bits per heavy atom. The topological polar surface area (TPSA) is 94.1 Å². The Bertz CT molecular complexity index is 1120. The number of ether oxygens (including phenoxy) is 1. The smallest absolute Gasteiger partial charge is 0.319 e. The number of likely N-dealkylation sites (tertiary alicyclic amines) is 1. The van der Waals surface area contributed by atoms with E-state index in [1.54, 1.807) is 24.3 Å². The molecule has 7 nitrogen and oxygen atoms in total. The number of benzene rings is 3. The van der Waals surface area contributed by atoms with E-state index in [-0.39, 0.29) is 37.7 Å². The van der Waals surface area contributed by atoms with Crippen LogP contribution in [0.15, 0.2) is 54.6 Å². The fraction of sp³-hybridized carbons (Fsp3) is 0.320. The third-order valence-electron chi connectivity index (χ3n) is 5.73. The number of fused-ring (bicyclic) bond motifs is 1. The summed E-state index contributed by atoms with van der Waals surface area (Å²) in [4.78, 5) is 14.9. The van der Waals surface area contributed by atoms with E-state index < -0.39 is 0 Å². The molecule has 1 heterocycles. The molecule has 0 radical (unpaired) electrons. The van der Waals surface area contributed by atoms with Gasteiger partial charge in [0.05, 0.1) is 18.9 Å². The fourth-order valence-corrected chi connectivity index (χ4v) is 4.19. The number of amides is 2. The first-order chi connectivity index (χ1) is 16.1. The van der Waals surface area contributed by atoms with E-state index in [9.17, 15) is 14.3 Å². The summed E-state index contributed by atoms with van der Waals surface area (Å²) >= 11 is 0. The summed E-state index contributed by atoms with van der Waals surface area (Å²) in [5, 5.41) is 26.3. The van der Waals surface area contributed by atoms with Gasteiger partial charge in [-0.05, 0) is 47.0 Å². The monoisotopic (exact) mass is 453 g/mol. The summed E-state index contributed by atoms with van der Waals surface area (Å²) in [7, 11) is 0. The molecule has 4 N–H and O–H groups in total. The van der Waals surface area contributed by atoms with E-state index in [1.165, 1.54) is 12.1 Å². The van der Waals surface area contributed by atoms with Gasteiger partial charge in [-0.1, -0.05) is 30.3 Å². The molecule has 8 heteroatoms. The van der Waals surface area contributed by atoms with Crippen LogP contribution in [0.5, 0.6) is 5.75 Å². The third-order valence-corrected chi connectivity index (χ3v) is 5.73. The lowest BCUT2D eigenvalue weighted by Gasteiger charge is -2.19. The predicted molar refractivity (Wildman–Crippen MR) is 125 cm³/mol. The molecule has 1 atom stereocenters. The molecule has 1 fully saturated rings. The van der Waals surface area contributed by atoms with Gasteiger partial charge < -0.3 is 25.6 Å². The van der Waals surface area contributed by atoms with Crippen molar-refractivity contribution < 1.29 is 24.1 Å². The first-order valence-corrected chi connectivity index (χ1v) is 11.0. The fourth-order valence-electron chi connectivity index (χ4n) is 4.19. The van der Waals surface area contributed by atoms with Crippen LogP contribution in [0.25, 0.3) is 10.8 Å². The molecular weight excluding hydrogens is 425 g/mol. The number of hydrogen-bond acceptors (Lipinski definition) is 5. The Labute approximate surface area is 191 Å². The van der Waals surface area contributed by atoms with Crippen LogP contribution in [0.4, 0.5) is 14.9 Å². The summed E-state index contributed by atoms with van der Waals surface area (Å²) in [5.74, 6) is 0.116. The molecule has 3 aromatic rings. The van der Waals surface area contributed by atoms with Crippen LogP contribution in [0.3, 0.4) is 0 Å². The van der Waals surface area contributed by atoms with E-state index in [0.717, 1.165) is 42.4 Å². The number of carbonyl (C=O) groups is 1. The van der Waals surface area contributed by atoms with Gasteiger partial charge in [-0.2, -0.15) is 0 Å². The summed E-state index contributed by atoms with van der Waals surface area (Å²) in [5.41, 5.74) is 2.12. The zero-order valence-corrected chi connectivity index (χ0v) is 18.3. The summed E-state index contributed by atoms with van der Waals surface area (Å²) in [6.07, 6.45) is 0.830. The molecule has 0 aliphatic carbocycles. The Balaban J connectivity index is 1.33. The molecule has 0 spiro atoms. The molecule has 3 aromatic carbocycles. The molecule has 0 bridgehead atoms. The van der Waals surface area contributed by atoms with Crippen LogP contribution >= 0.6 is 0 Å². The molecule has 2 amide bonds. The molecule has 0 aromatic heterocycles. The van der Waals surface area contributed by atoms with Crippen LogP contribution in [-0.2, 0) is 13.2 Å². The molecule has 174 valence electrons. The zero-order chi connectivity index (χ0) is 23.2. The van der Waals surface area contributed by atoms with Crippen molar-refractivity contribution >= 4 is 22.5 Å². The Hall–Kier alpha value is -3.20. The van der Waals surface area contributed by atoms with Crippen molar-refractivity contribution in [3.8, 4) is 5.75 Å². The van der Waals surface area contributed by atoms with Crippen LogP contribution in [-0.4, -0.2) is 53.5 Å². The number of carbonyl (C=O) groups excluding carboxylic acids is 1. The van der Waals surface area contributed by atoms with Crippen molar-refractivity contribution in [2.24, 2.45) is 0 Å². The molecule has 0 saturated carbocycles. The molecule has 4 rings (SSSR count). The number of para-hydroxylation sites is 1. The number of rotatable bonds is 8. The highest BCUT2D eigenvalue weighted by Crippen LogP contribution is 2.29. The van der Waals surface area contributed by atoms with Gasteiger partial charge in [0.2, 0.25) is 0 Å². The maximum atomic E-state index is 13.4. The maximum Gasteiger partial charge on any atom is 0.319 e. The van der Waals surface area contributed by atoms with Crippen molar-refractivity contribution in [1.82, 2.24) is 10.2 Å². The first-order valence-electron chi connectivity index (χ1n) is 11.0. The minimum atomic E-state index is -0.349. The lowest BCUT2D eigenvalue weighted by atomic mass is 10.1. The van der Waals surface area contributed by atoms with Gasteiger partial charge in [0.25, 0.3) is 0 Å². The summed E-state index contributed by atoms with van der Waals surface area (Å²) < 4.78 is 18.9. The van der Waals surface area contributed by atoms with Crippen molar-refractivity contribution in [3.05, 3.63) is 71.5 Å². The maximum absolute atomic E-state index is 13.4. The number of nitrogens with zero attached hydrogens (tertiary/aromatic N) is 1. The number of anilines is 1. The summed E-state index contributed by atoms with van der Waals surface area (Å²) in [6.45, 7) is 1.99. The largest absolute Gasteiger partial charge is 0.489 e. The van der Waals surface area contributed by atoms with Gasteiger partial charge in [-0.25, -0.2) is 9.18 Å². The predicted octanol–water partition coefficient (Wildman–Crippen LogP) is 3.24. The van der Waals surface area contributed by atoms with Gasteiger partial charge in [0, 0.05) is 31.2 Å². The van der Waals surface area contributed by atoms with E-state index in [4.69, 9.17) is 9.84 Å². The van der Waals surface area contributed by atoms with Gasteiger partial charge in [0.1, 0.15) is 18.2 Å². The van der Waals surface area contributed by atoms with Crippen molar-refractivity contribution in [1.29, 1.82) is 0 Å². The van der Waals surface area contributed by atoms with Crippen molar-refractivity contribution in [3.63, 3.8) is 0 Å². The molecular formula is C25H28FN3O4. The van der Waals surface area contributed by atoms with Crippen LogP contribution in [0.1, 0.15) is 17.5 Å². The number of halogens is 1. The molecule has 1 aliphatic rings. The Morgan fingerprint density at radius 1 is 1.12 bits per heavy atom. The second-order valence-corrected chi connectivity index (χ2v) is 8.17. The molecule has 1 saturated heterocycles. The van der Waals surface area contributed by atoms with E-state index in [2.05, 4.69) is 21.6 Å². The van der Waals surface area contributed by atoms with Gasteiger partial charge in [-0.15, -0.1) is 0 Å². The second kappa shape index (κ2) is 10.6. The van der Waals surface area contributed by atoms with Crippen molar-refractivity contribution in [2.75, 3.05) is 31.6 Å². The van der Waals surface area contributed by atoms with Crippen LogP contribution in [0, 0.1) is 5.82 Å². The quantitative estimate of drug-likeness (QED) is 0.420. The number of urea groups is 1. The highest BCUT2D eigenvalue weighted by Gasteiger charge is 2.24. The van der Waals surface area contributed by atoms with Gasteiger partial charge >= 0.3 is 6.03 Å². The van der Waals surface area contributed by atoms with Crippen molar-refractivity contribution in [2.45, 2.75) is 25.6 Å². The van der Waals surface area contributed by atoms with Crippen LogP contribution < -0.4 is 15.4 Å². The molecule has 1 aliphatic heterocycles. The number of nitrogens with one attached hydrogen (secondary N) is 2. The van der Waals surface area contributed by atoms with E-state index >= 15 is 0 Å². The van der Waals surface area contributed by atoms with Crippen LogP contribution in [0.2, 0.25) is 0 Å². The molecule has 33 heavy (non-hydrogen) atoms. The van der Waals surface area contributed by atoms with Gasteiger partial charge in [0.15, 0.2) is 0 Å². The highest BCUT2D eigenvalue weighted by atomic mass is 19.1. The van der Waals surface area contributed by atoms with E-state index in [1.807, 2.05) is 12.1 Å². The van der Waals surface area contributed by atoms with E-state index in [0.29, 0.717) is 17.0 Å². The number of aliphatic hydroxyl groups excluding tert-OH is 2. The average Bonchev–Trinajstić information content (AvgIpc) is 3.24. The Morgan fingerprint density at radius 3 is 2.76 bits per heavy atom. The lowest BCUT2D eigenvalue weighted by molar-refractivity contribution is 0.196. The standard InChI is InChI=1S/C25H28FN3O4/c26-21-7-6-18-12-17(4-5-19(18)13-21)14-29-9-8-22(15-29)27-25(32)28-23-3-1-2-20(16-31)24(23)33-11-10-30/h1-7,12-13,22,30-31H,8-11,14-16H2,(H2,27,28,32)/t22-/m1/s1. The number of aliphatic hydroxyl groups is 2. The van der Waals surface area contributed by atoms with Gasteiger partial charge in [-0.3, -0.25) is 4.90 Å². The second-order valence-electron chi connectivity index (χ2n) is 8.17.